The van der Waals surface area contributed by atoms with Crippen molar-refractivity contribution in [2.75, 3.05) is 0 Å². The second-order valence-electron chi connectivity index (χ2n) is 6.44. The van der Waals surface area contributed by atoms with Crippen molar-refractivity contribution in [3.63, 3.8) is 0 Å². The van der Waals surface area contributed by atoms with E-state index in [1.807, 2.05) is 17.6 Å². The molecule has 2 N–H and O–H groups in total. The lowest BCUT2D eigenvalue weighted by Gasteiger charge is -2.21. The molecule has 1 unspecified atom stereocenters. The molecular formula is C19H24N2O. The minimum atomic E-state index is -0.229. The van der Waals surface area contributed by atoms with Gasteiger partial charge in [-0.25, -0.2) is 0 Å². The van der Waals surface area contributed by atoms with Gasteiger partial charge in [0.25, 0.3) is 5.56 Å². The molecule has 1 saturated carbocycles. The number of aromatic nitrogens is 1. The molecule has 1 heterocycles. The van der Waals surface area contributed by atoms with Crippen LogP contribution < -0.4 is 11.3 Å². The number of pyridine rings is 1. The highest BCUT2D eigenvalue weighted by Gasteiger charge is 2.23. The van der Waals surface area contributed by atoms with Gasteiger partial charge in [0.1, 0.15) is 0 Å². The van der Waals surface area contributed by atoms with Crippen molar-refractivity contribution in [3.8, 4) is 11.3 Å². The van der Waals surface area contributed by atoms with Gasteiger partial charge in [-0.05, 0) is 44.4 Å². The predicted molar refractivity (Wildman–Crippen MR) is 91.0 cm³/mol. The molecule has 1 aliphatic carbocycles. The molecule has 0 spiro atoms. The van der Waals surface area contributed by atoms with E-state index in [0.29, 0.717) is 11.6 Å². The number of hydrogen-bond acceptors (Lipinski definition) is 2. The third-order valence-electron chi connectivity index (χ3n) is 4.67. The van der Waals surface area contributed by atoms with Gasteiger partial charge >= 0.3 is 0 Å². The minimum absolute atomic E-state index is 0.0833. The van der Waals surface area contributed by atoms with E-state index in [1.165, 1.54) is 18.4 Å². The fourth-order valence-electron chi connectivity index (χ4n) is 3.40. The van der Waals surface area contributed by atoms with Crippen molar-refractivity contribution in [2.45, 2.75) is 51.6 Å². The highest BCUT2D eigenvalue weighted by atomic mass is 16.1. The summed E-state index contributed by atoms with van der Waals surface area (Å²) in [7, 11) is 0. The minimum Gasteiger partial charge on any atom is -0.324 e. The summed E-state index contributed by atoms with van der Waals surface area (Å²) in [5.74, 6) is 0. The molecule has 1 fully saturated rings. The maximum Gasteiger partial charge on any atom is 0.256 e. The van der Waals surface area contributed by atoms with Crippen LogP contribution in [-0.4, -0.2) is 4.57 Å². The zero-order valence-corrected chi connectivity index (χ0v) is 13.4. The summed E-state index contributed by atoms with van der Waals surface area (Å²) < 4.78 is 2.00. The summed E-state index contributed by atoms with van der Waals surface area (Å²) in [5, 5.41) is 0. The average molecular weight is 296 g/mol. The van der Waals surface area contributed by atoms with Gasteiger partial charge in [0.05, 0.1) is 5.69 Å². The summed E-state index contributed by atoms with van der Waals surface area (Å²) in [5.41, 5.74) is 10.1. The zero-order chi connectivity index (χ0) is 15.7. The molecule has 1 aromatic heterocycles. The van der Waals surface area contributed by atoms with E-state index in [2.05, 4.69) is 37.3 Å². The summed E-state index contributed by atoms with van der Waals surface area (Å²) in [6.07, 6.45) is 4.57. The van der Waals surface area contributed by atoms with Crippen LogP contribution in [0.15, 0.2) is 41.2 Å². The molecule has 2 aromatic rings. The van der Waals surface area contributed by atoms with Crippen molar-refractivity contribution in [1.82, 2.24) is 4.57 Å². The molecule has 0 amide bonds. The first kappa shape index (κ1) is 15.0. The van der Waals surface area contributed by atoms with Crippen LogP contribution in [0.1, 0.15) is 55.8 Å². The third kappa shape index (κ3) is 2.73. The van der Waals surface area contributed by atoms with Gasteiger partial charge in [-0.3, -0.25) is 4.79 Å². The Bertz CT molecular complexity index is 707. The molecule has 3 rings (SSSR count). The number of nitrogens with two attached hydrogens (primary N) is 1. The maximum atomic E-state index is 12.9. The first-order valence-corrected chi connectivity index (χ1v) is 8.16. The van der Waals surface area contributed by atoms with Crippen LogP contribution in [0, 0.1) is 6.92 Å². The molecule has 22 heavy (non-hydrogen) atoms. The molecule has 0 aliphatic heterocycles. The van der Waals surface area contributed by atoms with Gasteiger partial charge in [-0.15, -0.1) is 0 Å². The molecule has 1 atom stereocenters. The van der Waals surface area contributed by atoms with Crippen LogP contribution in [0.2, 0.25) is 0 Å². The Kier molecular flexibility index (Phi) is 4.16. The van der Waals surface area contributed by atoms with E-state index in [0.717, 1.165) is 24.1 Å². The fourth-order valence-corrected chi connectivity index (χ4v) is 3.40. The lowest BCUT2D eigenvalue weighted by molar-refractivity contribution is 0.502. The maximum absolute atomic E-state index is 12.9. The van der Waals surface area contributed by atoms with Crippen LogP contribution in [0.4, 0.5) is 0 Å². The molecule has 1 aromatic carbocycles. The largest absolute Gasteiger partial charge is 0.324 e. The summed E-state index contributed by atoms with van der Waals surface area (Å²) in [4.78, 5) is 12.9. The molecule has 3 heteroatoms. The highest BCUT2D eigenvalue weighted by molar-refractivity contribution is 5.60. The van der Waals surface area contributed by atoms with Crippen LogP contribution in [0.3, 0.4) is 0 Å². The molecule has 0 saturated heterocycles. The molecule has 3 nitrogen and oxygen atoms in total. The molecule has 116 valence electrons. The van der Waals surface area contributed by atoms with Gasteiger partial charge in [0.15, 0.2) is 0 Å². The van der Waals surface area contributed by atoms with Crippen molar-refractivity contribution in [1.29, 1.82) is 0 Å². The molecule has 0 bridgehead atoms. The number of rotatable bonds is 3. The number of benzene rings is 1. The topological polar surface area (TPSA) is 48.0 Å². The van der Waals surface area contributed by atoms with E-state index in [4.69, 9.17) is 5.73 Å². The lowest BCUT2D eigenvalue weighted by Crippen LogP contribution is -2.30. The highest BCUT2D eigenvalue weighted by Crippen LogP contribution is 2.32. The SMILES string of the molecule is Cc1ccc(-c2ccc(C(C)N)c(=O)n2C2CCCC2)cc1. The molecule has 0 radical (unpaired) electrons. The Hall–Kier alpha value is -1.87. The second kappa shape index (κ2) is 6.09. The number of nitrogens with zero attached hydrogens (tertiary/aromatic N) is 1. The molecule has 1 aliphatic rings. The quantitative estimate of drug-likeness (QED) is 0.932. The summed E-state index contributed by atoms with van der Waals surface area (Å²) in [6, 6.07) is 12.4. The predicted octanol–water partition coefficient (Wildman–Crippen LogP) is 3.96. The summed E-state index contributed by atoms with van der Waals surface area (Å²) in [6.45, 7) is 3.95. The summed E-state index contributed by atoms with van der Waals surface area (Å²) >= 11 is 0. The Morgan fingerprint density at radius 1 is 1.09 bits per heavy atom. The van der Waals surface area contributed by atoms with Gasteiger partial charge in [0.2, 0.25) is 0 Å². The number of aryl methyl sites for hydroxylation is 1. The first-order valence-electron chi connectivity index (χ1n) is 8.16. The van der Waals surface area contributed by atoms with Crippen molar-refractivity contribution in [3.05, 3.63) is 57.9 Å². The van der Waals surface area contributed by atoms with Crippen molar-refractivity contribution < 1.29 is 0 Å². The Morgan fingerprint density at radius 2 is 1.73 bits per heavy atom. The second-order valence-corrected chi connectivity index (χ2v) is 6.44. The van der Waals surface area contributed by atoms with E-state index >= 15 is 0 Å². The molecular weight excluding hydrogens is 272 g/mol. The van der Waals surface area contributed by atoms with Crippen LogP contribution in [0.5, 0.6) is 0 Å². The van der Waals surface area contributed by atoms with Crippen molar-refractivity contribution in [2.24, 2.45) is 5.73 Å². The van der Waals surface area contributed by atoms with Gasteiger partial charge < -0.3 is 10.3 Å². The average Bonchev–Trinajstić information content (AvgIpc) is 3.01. The van der Waals surface area contributed by atoms with Crippen LogP contribution in [0.25, 0.3) is 11.3 Å². The number of hydrogen-bond donors (Lipinski definition) is 1. The van der Waals surface area contributed by atoms with Gasteiger partial charge in [0, 0.05) is 17.6 Å². The van der Waals surface area contributed by atoms with Crippen LogP contribution in [-0.2, 0) is 0 Å². The van der Waals surface area contributed by atoms with Crippen molar-refractivity contribution >= 4 is 0 Å². The van der Waals surface area contributed by atoms with Gasteiger partial charge in [-0.1, -0.05) is 42.7 Å². The Morgan fingerprint density at radius 3 is 2.32 bits per heavy atom. The van der Waals surface area contributed by atoms with Crippen LogP contribution >= 0.6 is 0 Å². The normalized spacial score (nSPS) is 16.9. The zero-order valence-electron chi connectivity index (χ0n) is 13.4. The Labute approximate surface area is 131 Å². The van der Waals surface area contributed by atoms with E-state index in [-0.39, 0.29) is 11.6 Å². The van der Waals surface area contributed by atoms with E-state index in [1.54, 1.807) is 0 Å². The Balaban J connectivity index is 2.18. The van der Waals surface area contributed by atoms with Gasteiger partial charge in [-0.2, -0.15) is 0 Å². The monoisotopic (exact) mass is 296 g/mol. The van der Waals surface area contributed by atoms with E-state index < -0.39 is 0 Å². The smallest absolute Gasteiger partial charge is 0.256 e. The fraction of sp³-hybridized carbons (Fsp3) is 0.421. The lowest BCUT2D eigenvalue weighted by atomic mass is 10.0. The van der Waals surface area contributed by atoms with E-state index in [9.17, 15) is 4.79 Å². The third-order valence-corrected chi connectivity index (χ3v) is 4.67. The standard InChI is InChI=1S/C19H24N2O/c1-13-7-9-15(10-8-13)18-12-11-17(14(2)20)19(22)21(18)16-5-3-4-6-16/h7-12,14,16H,3-6,20H2,1-2H3. The first-order chi connectivity index (χ1) is 10.6.